The van der Waals surface area contributed by atoms with E-state index in [9.17, 15) is 0 Å². The van der Waals surface area contributed by atoms with Crippen LogP contribution >= 0.6 is 23.2 Å². The van der Waals surface area contributed by atoms with Crippen LogP contribution in [-0.4, -0.2) is 6.04 Å². The molecule has 0 heterocycles. The van der Waals surface area contributed by atoms with Crippen molar-refractivity contribution in [1.82, 2.24) is 0 Å². The Morgan fingerprint density at radius 2 is 1.65 bits per heavy atom. The molecule has 1 aromatic carbocycles. The quantitative estimate of drug-likeness (QED) is 0.396. The second-order valence-electron chi connectivity index (χ2n) is 4.41. The lowest BCUT2D eigenvalue weighted by molar-refractivity contribution is 0.395. The Kier molecular flexibility index (Phi) is 4.16. The fourth-order valence-electron chi connectivity index (χ4n) is 2.41. The molecule has 1 fully saturated rings. The molecule has 5 heteroatoms. The highest BCUT2D eigenvalue weighted by Crippen LogP contribution is 2.36. The second kappa shape index (κ2) is 5.63. The van der Waals surface area contributed by atoms with Gasteiger partial charge in [0.15, 0.2) is 0 Å². The van der Waals surface area contributed by atoms with Gasteiger partial charge in [0.05, 0.1) is 0 Å². The summed E-state index contributed by atoms with van der Waals surface area (Å²) in [4.78, 5) is 2.87. The lowest BCUT2D eigenvalue weighted by atomic mass is 9.82. The van der Waals surface area contributed by atoms with Gasteiger partial charge in [-0.15, -0.1) is 0 Å². The van der Waals surface area contributed by atoms with E-state index in [0.29, 0.717) is 16.0 Å². The van der Waals surface area contributed by atoms with Crippen molar-refractivity contribution in [2.45, 2.75) is 37.6 Å². The molecule has 2 rings (SSSR count). The first-order valence-corrected chi connectivity index (χ1v) is 6.45. The van der Waals surface area contributed by atoms with Crippen LogP contribution in [0, 0.1) is 0 Å². The van der Waals surface area contributed by atoms with Crippen molar-refractivity contribution in [2.24, 2.45) is 5.11 Å². The summed E-state index contributed by atoms with van der Waals surface area (Å²) >= 11 is 12.0. The first-order chi connectivity index (χ1) is 8.19. The highest BCUT2D eigenvalue weighted by atomic mass is 35.5. The molecular weight excluding hydrogens is 257 g/mol. The zero-order valence-corrected chi connectivity index (χ0v) is 10.8. The predicted molar refractivity (Wildman–Crippen MR) is 70.6 cm³/mol. The molecule has 0 aliphatic heterocycles. The van der Waals surface area contributed by atoms with Gasteiger partial charge in [0, 0.05) is 21.0 Å². The SMILES string of the molecule is [N-]=[N+]=NC1CCC(c2cc(Cl)cc(Cl)c2)CC1. The normalized spacial score (nSPS) is 24.1. The molecule has 0 spiro atoms. The van der Waals surface area contributed by atoms with Crippen molar-refractivity contribution in [2.75, 3.05) is 0 Å². The summed E-state index contributed by atoms with van der Waals surface area (Å²) < 4.78 is 0. The lowest BCUT2D eigenvalue weighted by Gasteiger charge is -2.26. The number of halogens is 2. The van der Waals surface area contributed by atoms with Crippen LogP contribution in [0.15, 0.2) is 23.3 Å². The number of nitrogens with zero attached hydrogens (tertiary/aromatic N) is 3. The van der Waals surface area contributed by atoms with Gasteiger partial charge in [0.1, 0.15) is 0 Å². The molecule has 0 unspecified atom stereocenters. The molecule has 1 aliphatic carbocycles. The van der Waals surface area contributed by atoms with Gasteiger partial charge in [-0.3, -0.25) is 0 Å². The summed E-state index contributed by atoms with van der Waals surface area (Å²) in [5.74, 6) is 0.483. The third-order valence-corrected chi connectivity index (χ3v) is 3.70. The summed E-state index contributed by atoms with van der Waals surface area (Å²) in [5.41, 5.74) is 9.59. The molecule has 0 bridgehead atoms. The molecule has 0 atom stereocenters. The Morgan fingerprint density at radius 1 is 1.06 bits per heavy atom. The Balaban J connectivity index is 2.07. The minimum atomic E-state index is 0.158. The first kappa shape index (κ1) is 12.6. The molecule has 0 saturated heterocycles. The number of azide groups is 1. The van der Waals surface area contributed by atoms with Crippen molar-refractivity contribution in [3.05, 3.63) is 44.3 Å². The molecule has 0 N–H and O–H groups in total. The Hall–Kier alpha value is -0.890. The third kappa shape index (κ3) is 3.29. The van der Waals surface area contributed by atoms with Crippen LogP contribution < -0.4 is 0 Å². The molecule has 17 heavy (non-hydrogen) atoms. The van der Waals surface area contributed by atoms with E-state index in [1.54, 1.807) is 6.07 Å². The van der Waals surface area contributed by atoms with Crippen LogP contribution in [-0.2, 0) is 0 Å². The van der Waals surface area contributed by atoms with Crippen LogP contribution in [0.3, 0.4) is 0 Å². The third-order valence-electron chi connectivity index (χ3n) is 3.27. The maximum absolute atomic E-state index is 8.40. The molecule has 0 aromatic heterocycles. The highest BCUT2D eigenvalue weighted by Gasteiger charge is 2.21. The molecular formula is C12H13Cl2N3. The van der Waals surface area contributed by atoms with Crippen LogP contribution in [0.4, 0.5) is 0 Å². The number of benzene rings is 1. The van der Waals surface area contributed by atoms with Gasteiger partial charge in [0.2, 0.25) is 0 Å². The zero-order valence-electron chi connectivity index (χ0n) is 9.31. The van der Waals surface area contributed by atoms with E-state index in [1.807, 2.05) is 12.1 Å². The monoisotopic (exact) mass is 269 g/mol. The zero-order chi connectivity index (χ0) is 12.3. The molecule has 90 valence electrons. The van der Waals surface area contributed by atoms with Gasteiger partial charge in [-0.25, -0.2) is 0 Å². The topological polar surface area (TPSA) is 48.8 Å². The van der Waals surface area contributed by atoms with Crippen molar-refractivity contribution in [3.63, 3.8) is 0 Å². The largest absolute Gasteiger partial charge is 0.0906 e. The van der Waals surface area contributed by atoms with E-state index < -0.39 is 0 Å². The maximum atomic E-state index is 8.40. The predicted octanol–water partition coefficient (Wildman–Crippen LogP) is 5.33. The van der Waals surface area contributed by atoms with Crippen LogP contribution in [0.25, 0.3) is 10.4 Å². The van der Waals surface area contributed by atoms with E-state index >= 15 is 0 Å². The van der Waals surface area contributed by atoms with Crippen LogP contribution in [0.1, 0.15) is 37.2 Å². The minimum Gasteiger partial charge on any atom is -0.0906 e. The van der Waals surface area contributed by atoms with Crippen LogP contribution in [0.5, 0.6) is 0 Å². The number of rotatable bonds is 2. The second-order valence-corrected chi connectivity index (χ2v) is 5.29. The fraction of sp³-hybridized carbons (Fsp3) is 0.500. The average Bonchev–Trinajstić information content (AvgIpc) is 2.29. The minimum absolute atomic E-state index is 0.158. The van der Waals surface area contributed by atoms with Gasteiger partial charge < -0.3 is 0 Å². The number of hydrogen-bond acceptors (Lipinski definition) is 1. The first-order valence-electron chi connectivity index (χ1n) is 5.69. The van der Waals surface area contributed by atoms with Crippen molar-refractivity contribution >= 4 is 23.2 Å². The highest BCUT2D eigenvalue weighted by molar-refractivity contribution is 6.34. The summed E-state index contributed by atoms with van der Waals surface area (Å²) in [6.07, 6.45) is 3.94. The van der Waals surface area contributed by atoms with E-state index in [-0.39, 0.29) is 6.04 Å². The van der Waals surface area contributed by atoms with Gasteiger partial charge >= 0.3 is 0 Å². The molecule has 3 nitrogen and oxygen atoms in total. The van der Waals surface area contributed by atoms with Crippen molar-refractivity contribution < 1.29 is 0 Å². The van der Waals surface area contributed by atoms with Gasteiger partial charge in [-0.2, -0.15) is 0 Å². The maximum Gasteiger partial charge on any atom is 0.0423 e. The lowest BCUT2D eigenvalue weighted by Crippen LogP contribution is -2.15. The van der Waals surface area contributed by atoms with E-state index in [2.05, 4.69) is 10.0 Å². The van der Waals surface area contributed by atoms with Gasteiger partial charge in [0.25, 0.3) is 0 Å². The Labute approximate surface area is 110 Å². The molecule has 1 saturated carbocycles. The summed E-state index contributed by atoms with van der Waals surface area (Å²) in [5, 5.41) is 5.15. The average molecular weight is 270 g/mol. The summed E-state index contributed by atoms with van der Waals surface area (Å²) in [6.45, 7) is 0. The van der Waals surface area contributed by atoms with Crippen LogP contribution in [0.2, 0.25) is 10.0 Å². The summed E-state index contributed by atoms with van der Waals surface area (Å²) in [6, 6.07) is 5.86. The van der Waals surface area contributed by atoms with E-state index in [0.717, 1.165) is 25.7 Å². The molecule has 0 amide bonds. The van der Waals surface area contributed by atoms with Gasteiger partial charge in [-0.1, -0.05) is 28.3 Å². The Bertz CT molecular complexity index is 427. The number of hydrogen-bond donors (Lipinski definition) is 0. The van der Waals surface area contributed by atoms with Crippen molar-refractivity contribution in [1.29, 1.82) is 0 Å². The van der Waals surface area contributed by atoms with E-state index in [4.69, 9.17) is 28.7 Å². The Morgan fingerprint density at radius 3 is 2.18 bits per heavy atom. The molecule has 0 radical (unpaired) electrons. The summed E-state index contributed by atoms with van der Waals surface area (Å²) in [7, 11) is 0. The standard InChI is InChI=1S/C12H13Cl2N3/c13-10-5-9(6-11(14)7-10)8-1-3-12(4-2-8)16-17-15/h5-8,12H,1-4H2. The van der Waals surface area contributed by atoms with Crippen molar-refractivity contribution in [3.8, 4) is 0 Å². The van der Waals surface area contributed by atoms with E-state index in [1.165, 1.54) is 5.56 Å². The fourth-order valence-corrected chi connectivity index (χ4v) is 2.95. The molecule has 1 aromatic rings. The smallest absolute Gasteiger partial charge is 0.0423 e. The molecule has 1 aliphatic rings. The van der Waals surface area contributed by atoms with Gasteiger partial charge in [-0.05, 0) is 60.9 Å².